The second kappa shape index (κ2) is 6.96. The first kappa shape index (κ1) is 16.5. The molecule has 0 spiro atoms. The molecule has 0 fully saturated rings. The summed E-state index contributed by atoms with van der Waals surface area (Å²) in [7, 11) is 0. The van der Waals surface area contributed by atoms with Gasteiger partial charge in [-0.1, -0.05) is 40.9 Å². The maximum Gasteiger partial charge on any atom is 0.257 e. The monoisotopic (exact) mass is 354 g/mol. The molecule has 2 aromatic rings. The van der Waals surface area contributed by atoms with Gasteiger partial charge in [0.25, 0.3) is 5.91 Å². The van der Waals surface area contributed by atoms with Crippen molar-refractivity contribution in [3.05, 3.63) is 57.6 Å². The number of halogens is 2. The van der Waals surface area contributed by atoms with Gasteiger partial charge < -0.3 is 10.4 Å². The van der Waals surface area contributed by atoms with Crippen molar-refractivity contribution in [3.8, 4) is 5.75 Å². The van der Waals surface area contributed by atoms with Crippen LogP contribution in [0.2, 0.25) is 10.0 Å². The van der Waals surface area contributed by atoms with Crippen molar-refractivity contribution in [3.63, 3.8) is 0 Å². The molecule has 2 aromatic carbocycles. The van der Waals surface area contributed by atoms with Gasteiger partial charge in [-0.3, -0.25) is 10.1 Å². The summed E-state index contributed by atoms with van der Waals surface area (Å²) >= 11 is 16.7. The minimum Gasteiger partial charge on any atom is -0.505 e. The molecule has 0 aliphatic carbocycles. The fourth-order valence-corrected chi connectivity index (χ4v) is 2.46. The Balaban J connectivity index is 2.06. The van der Waals surface area contributed by atoms with Crippen LogP contribution in [0.3, 0.4) is 0 Å². The van der Waals surface area contributed by atoms with Gasteiger partial charge in [0.05, 0.1) is 10.0 Å². The predicted molar refractivity (Wildman–Crippen MR) is 93.0 cm³/mol. The molecular weight excluding hydrogens is 343 g/mol. The van der Waals surface area contributed by atoms with Gasteiger partial charge in [-0.25, -0.2) is 0 Å². The molecule has 3 N–H and O–H groups in total. The van der Waals surface area contributed by atoms with E-state index in [2.05, 4.69) is 10.6 Å². The zero-order valence-corrected chi connectivity index (χ0v) is 13.8. The highest BCUT2D eigenvalue weighted by Crippen LogP contribution is 2.34. The van der Waals surface area contributed by atoms with Crippen molar-refractivity contribution in [2.45, 2.75) is 6.92 Å². The van der Waals surface area contributed by atoms with Gasteiger partial charge in [-0.05, 0) is 43.4 Å². The average Bonchev–Trinajstić information content (AvgIpc) is 2.44. The summed E-state index contributed by atoms with van der Waals surface area (Å²) < 4.78 is 0. The summed E-state index contributed by atoms with van der Waals surface area (Å²) in [5, 5.41) is 15.1. The Hall–Kier alpha value is -1.82. The predicted octanol–water partition coefficient (Wildman–Crippen LogP) is 4.13. The van der Waals surface area contributed by atoms with Gasteiger partial charge in [0, 0.05) is 11.3 Å². The number of carbonyl (C=O) groups is 1. The number of phenols is 1. The van der Waals surface area contributed by atoms with E-state index < -0.39 is 0 Å². The van der Waals surface area contributed by atoms with Crippen LogP contribution in [0, 0.1) is 6.92 Å². The van der Waals surface area contributed by atoms with E-state index in [-0.39, 0.29) is 26.8 Å². The maximum absolute atomic E-state index is 12.1. The first-order chi connectivity index (χ1) is 10.4. The van der Waals surface area contributed by atoms with E-state index in [9.17, 15) is 9.90 Å². The molecule has 1 amide bonds. The fourth-order valence-electron chi connectivity index (χ4n) is 1.76. The molecule has 0 bridgehead atoms. The lowest BCUT2D eigenvalue weighted by atomic mass is 10.1. The number of aromatic hydroxyl groups is 1. The van der Waals surface area contributed by atoms with E-state index in [4.69, 9.17) is 35.4 Å². The number of carbonyl (C=O) groups excluding carboxylic acids is 1. The molecule has 2 rings (SSSR count). The van der Waals surface area contributed by atoms with E-state index in [1.807, 2.05) is 13.0 Å². The van der Waals surface area contributed by atoms with Gasteiger partial charge in [0.2, 0.25) is 0 Å². The lowest BCUT2D eigenvalue weighted by Crippen LogP contribution is -2.34. The first-order valence-electron chi connectivity index (χ1n) is 6.24. The standard InChI is InChI=1S/C15H12Cl2N2O2S/c1-8-3-2-4-9(5-8)14(21)19-15(22)18-10-6-11(16)13(20)12(17)7-10/h2-7,20H,1H3,(H2,18,19,21,22). The zero-order valence-electron chi connectivity index (χ0n) is 11.5. The Morgan fingerprint density at radius 3 is 2.41 bits per heavy atom. The summed E-state index contributed by atoms with van der Waals surface area (Å²) in [6.07, 6.45) is 0. The molecule has 0 aliphatic rings. The van der Waals surface area contributed by atoms with Crippen LogP contribution < -0.4 is 10.6 Å². The highest BCUT2D eigenvalue weighted by Gasteiger charge is 2.10. The average molecular weight is 355 g/mol. The molecule has 0 saturated heterocycles. The number of hydrogen-bond acceptors (Lipinski definition) is 3. The summed E-state index contributed by atoms with van der Waals surface area (Å²) in [6, 6.07) is 10.0. The van der Waals surface area contributed by atoms with Crippen LogP contribution in [0.1, 0.15) is 15.9 Å². The van der Waals surface area contributed by atoms with Crippen LogP contribution in [-0.4, -0.2) is 16.1 Å². The van der Waals surface area contributed by atoms with Crippen LogP contribution in [0.5, 0.6) is 5.75 Å². The minimum absolute atomic E-state index is 0.0859. The maximum atomic E-state index is 12.1. The van der Waals surface area contributed by atoms with Crippen molar-refractivity contribution in [2.75, 3.05) is 5.32 Å². The number of phenolic OH excluding ortho intramolecular Hbond substituents is 1. The van der Waals surface area contributed by atoms with Crippen LogP contribution >= 0.6 is 35.4 Å². The number of anilines is 1. The molecule has 0 aromatic heterocycles. The summed E-state index contributed by atoms with van der Waals surface area (Å²) in [5.41, 5.74) is 1.94. The van der Waals surface area contributed by atoms with Crippen LogP contribution in [-0.2, 0) is 0 Å². The fraction of sp³-hybridized carbons (Fsp3) is 0.0667. The molecular formula is C15H12Cl2N2O2S. The van der Waals surface area contributed by atoms with Crippen molar-refractivity contribution in [1.82, 2.24) is 5.32 Å². The normalized spacial score (nSPS) is 10.1. The second-order valence-electron chi connectivity index (χ2n) is 4.57. The van der Waals surface area contributed by atoms with Crippen molar-refractivity contribution < 1.29 is 9.90 Å². The molecule has 0 unspecified atom stereocenters. The van der Waals surface area contributed by atoms with Gasteiger partial charge in [-0.2, -0.15) is 0 Å². The number of nitrogens with one attached hydrogen (secondary N) is 2. The summed E-state index contributed by atoms with van der Waals surface area (Å²) in [4.78, 5) is 12.1. The Kier molecular flexibility index (Phi) is 5.24. The lowest BCUT2D eigenvalue weighted by molar-refractivity contribution is 0.0977. The highest BCUT2D eigenvalue weighted by atomic mass is 35.5. The molecule has 0 heterocycles. The molecule has 0 atom stereocenters. The van der Waals surface area contributed by atoms with Crippen LogP contribution in [0.15, 0.2) is 36.4 Å². The molecule has 22 heavy (non-hydrogen) atoms. The van der Waals surface area contributed by atoms with Crippen LogP contribution in [0.25, 0.3) is 0 Å². The van der Waals surface area contributed by atoms with E-state index in [0.717, 1.165) is 5.56 Å². The van der Waals surface area contributed by atoms with E-state index in [1.165, 1.54) is 12.1 Å². The number of rotatable bonds is 2. The van der Waals surface area contributed by atoms with E-state index >= 15 is 0 Å². The molecule has 7 heteroatoms. The number of amides is 1. The largest absolute Gasteiger partial charge is 0.505 e. The van der Waals surface area contributed by atoms with Crippen molar-refractivity contribution in [2.24, 2.45) is 0 Å². The van der Waals surface area contributed by atoms with Gasteiger partial charge in [0.1, 0.15) is 0 Å². The molecule has 0 radical (unpaired) electrons. The number of hydrogen-bond donors (Lipinski definition) is 3. The van der Waals surface area contributed by atoms with Gasteiger partial charge in [-0.15, -0.1) is 0 Å². The number of aryl methyl sites for hydroxylation is 1. The Bertz CT molecular complexity index is 727. The molecule has 114 valence electrons. The zero-order chi connectivity index (χ0) is 16.3. The lowest BCUT2D eigenvalue weighted by Gasteiger charge is -2.11. The Morgan fingerprint density at radius 2 is 1.82 bits per heavy atom. The first-order valence-corrected chi connectivity index (χ1v) is 7.40. The third-order valence-electron chi connectivity index (χ3n) is 2.78. The van der Waals surface area contributed by atoms with E-state index in [1.54, 1.807) is 18.2 Å². The Morgan fingerprint density at radius 1 is 1.18 bits per heavy atom. The van der Waals surface area contributed by atoms with Crippen molar-refractivity contribution in [1.29, 1.82) is 0 Å². The third kappa shape index (κ3) is 4.10. The van der Waals surface area contributed by atoms with Crippen molar-refractivity contribution >= 4 is 52.1 Å². The topological polar surface area (TPSA) is 61.4 Å². The minimum atomic E-state index is -0.322. The number of benzene rings is 2. The molecule has 4 nitrogen and oxygen atoms in total. The Labute approximate surface area is 143 Å². The van der Waals surface area contributed by atoms with Gasteiger partial charge in [0.15, 0.2) is 10.9 Å². The molecule has 0 aliphatic heterocycles. The highest BCUT2D eigenvalue weighted by molar-refractivity contribution is 7.80. The summed E-state index contributed by atoms with van der Waals surface area (Å²) in [5.74, 6) is -0.527. The number of thiocarbonyl (C=S) groups is 1. The summed E-state index contributed by atoms with van der Waals surface area (Å²) in [6.45, 7) is 1.90. The quantitative estimate of drug-likeness (QED) is 0.560. The SMILES string of the molecule is Cc1cccc(C(=O)NC(=S)Nc2cc(Cl)c(O)c(Cl)c2)c1. The van der Waals surface area contributed by atoms with Crippen LogP contribution in [0.4, 0.5) is 5.69 Å². The molecule has 0 saturated carbocycles. The third-order valence-corrected chi connectivity index (χ3v) is 3.56. The second-order valence-corrected chi connectivity index (χ2v) is 5.79. The van der Waals surface area contributed by atoms with E-state index in [0.29, 0.717) is 11.3 Å². The van der Waals surface area contributed by atoms with Gasteiger partial charge >= 0.3 is 0 Å². The smallest absolute Gasteiger partial charge is 0.257 e.